The molecule has 0 fully saturated rings. The maximum atomic E-state index is 13.6. The number of amides is 1. The third kappa shape index (κ3) is 5.88. The predicted molar refractivity (Wildman–Crippen MR) is 137 cm³/mol. The van der Waals surface area contributed by atoms with Gasteiger partial charge in [0.1, 0.15) is 0 Å². The minimum absolute atomic E-state index is 0.0374. The summed E-state index contributed by atoms with van der Waals surface area (Å²) in [7, 11) is 0. The summed E-state index contributed by atoms with van der Waals surface area (Å²) < 4.78 is 10.7. The molecule has 3 aromatic rings. The van der Waals surface area contributed by atoms with Gasteiger partial charge in [-0.15, -0.1) is 11.3 Å². The Balaban J connectivity index is 2.17. The predicted octanol–water partition coefficient (Wildman–Crippen LogP) is 4.71. The highest BCUT2D eigenvalue weighted by Crippen LogP contribution is 2.38. The summed E-state index contributed by atoms with van der Waals surface area (Å²) in [5.41, 5.74) is -0.628. The number of nitrogens with one attached hydrogen (secondary N) is 1. The summed E-state index contributed by atoms with van der Waals surface area (Å²) in [6.07, 6.45) is -0.240. The zero-order valence-corrected chi connectivity index (χ0v) is 21.3. The zero-order valence-electron chi connectivity index (χ0n) is 20.5. The Labute approximate surface area is 214 Å². The number of thiophene rings is 1. The minimum Gasteiger partial charge on any atom is -0.464 e. The molecule has 7 nitrogen and oxygen atoms in total. The molecule has 0 spiro atoms. The SMILES string of the molecule is CCOC(=O)C(NC(=O)c1ccccc1)(C(=O)OCC)C(CC(=O)c1ccc(C)cc1)c1cccs1. The van der Waals surface area contributed by atoms with E-state index in [4.69, 9.17) is 9.47 Å². The van der Waals surface area contributed by atoms with E-state index >= 15 is 0 Å². The van der Waals surface area contributed by atoms with Gasteiger partial charge in [-0.25, -0.2) is 9.59 Å². The molecule has 0 aliphatic carbocycles. The van der Waals surface area contributed by atoms with Gasteiger partial charge < -0.3 is 14.8 Å². The van der Waals surface area contributed by atoms with Crippen molar-refractivity contribution in [3.8, 4) is 0 Å². The molecule has 1 atom stereocenters. The lowest BCUT2D eigenvalue weighted by atomic mass is 9.78. The van der Waals surface area contributed by atoms with Gasteiger partial charge in [0.25, 0.3) is 5.91 Å². The first-order chi connectivity index (χ1) is 17.3. The van der Waals surface area contributed by atoms with E-state index < -0.39 is 29.3 Å². The number of Topliss-reactive ketones (excluding diaryl/α,β-unsaturated/α-hetero) is 1. The number of benzene rings is 2. The Morgan fingerprint density at radius 2 is 1.44 bits per heavy atom. The Hall–Kier alpha value is -3.78. The van der Waals surface area contributed by atoms with Crippen LogP contribution in [-0.4, -0.2) is 42.4 Å². The summed E-state index contributed by atoms with van der Waals surface area (Å²) in [5, 5.41) is 4.41. The molecular formula is C28H29NO6S. The first kappa shape index (κ1) is 26.8. The highest BCUT2D eigenvalue weighted by atomic mass is 32.1. The normalized spacial score (nSPS) is 11.9. The quantitative estimate of drug-likeness (QED) is 0.229. The fraction of sp³-hybridized carbons (Fsp3) is 0.286. The molecule has 3 rings (SSSR count). The van der Waals surface area contributed by atoms with Crippen LogP contribution in [0.4, 0.5) is 0 Å². The Bertz CT molecular complexity index is 1170. The van der Waals surface area contributed by atoms with Gasteiger partial charge in [-0.3, -0.25) is 9.59 Å². The maximum Gasteiger partial charge on any atom is 0.344 e. The number of ether oxygens (including phenoxy) is 2. The number of aryl methyl sites for hydroxylation is 1. The van der Waals surface area contributed by atoms with Crippen LogP contribution in [0.1, 0.15) is 57.3 Å². The first-order valence-corrected chi connectivity index (χ1v) is 12.6. The molecule has 0 aliphatic heterocycles. The lowest BCUT2D eigenvalue weighted by Gasteiger charge is -2.36. The molecule has 188 valence electrons. The summed E-state index contributed by atoms with van der Waals surface area (Å²) in [6.45, 7) is 5.04. The summed E-state index contributed by atoms with van der Waals surface area (Å²) in [5.74, 6) is -4.00. The van der Waals surface area contributed by atoms with Crippen molar-refractivity contribution in [2.24, 2.45) is 0 Å². The van der Waals surface area contributed by atoms with Crippen LogP contribution < -0.4 is 5.32 Å². The Morgan fingerprint density at radius 3 is 1.97 bits per heavy atom. The number of rotatable bonds is 11. The summed E-state index contributed by atoms with van der Waals surface area (Å²) >= 11 is 1.27. The first-order valence-electron chi connectivity index (χ1n) is 11.7. The molecule has 36 heavy (non-hydrogen) atoms. The molecule has 0 bridgehead atoms. The van der Waals surface area contributed by atoms with Crippen molar-refractivity contribution in [3.05, 3.63) is 93.7 Å². The second-order valence-electron chi connectivity index (χ2n) is 8.13. The topological polar surface area (TPSA) is 98.8 Å². The van der Waals surface area contributed by atoms with Crippen LogP contribution in [0.3, 0.4) is 0 Å². The highest BCUT2D eigenvalue weighted by molar-refractivity contribution is 7.10. The van der Waals surface area contributed by atoms with Crippen LogP contribution in [0.25, 0.3) is 0 Å². The van der Waals surface area contributed by atoms with E-state index in [-0.39, 0.29) is 31.0 Å². The molecule has 0 saturated heterocycles. The average Bonchev–Trinajstić information content (AvgIpc) is 3.41. The van der Waals surface area contributed by atoms with E-state index in [9.17, 15) is 19.2 Å². The van der Waals surface area contributed by atoms with Gasteiger partial charge in [-0.05, 0) is 44.4 Å². The molecule has 1 N–H and O–H groups in total. The lowest BCUT2D eigenvalue weighted by molar-refractivity contribution is -0.167. The molecule has 1 amide bonds. The number of esters is 2. The van der Waals surface area contributed by atoms with Crippen LogP contribution in [0, 0.1) is 6.92 Å². The fourth-order valence-corrected chi connectivity index (χ4v) is 4.78. The fourth-order valence-electron chi connectivity index (χ4n) is 3.89. The van der Waals surface area contributed by atoms with Crippen molar-refractivity contribution in [1.29, 1.82) is 0 Å². The largest absolute Gasteiger partial charge is 0.464 e. The lowest BCUT2D eigenvalue weighted by Crippen LogP contribution is -2.65. The third-order valence-corrected chi connectivity index (χ3v) is 6.70. The zero-order chi connectivity index (χ0) is 26.1. The Kier molecular flexibility index (Phi) is 9.13. The van der Waals surface area contributed by atoms with Gasteiger partial charge >= 0.3 is 11.9 Å². The van der Waals surface area contributed by atoms with Gasteiger partial charge in [-0.1, -0.05) is 54.1 Å². The molecule has 1 heterocycles. The number of hydrogen-bond acceptors (Lipinski definition) is 7. The van der Waals surface area contributed by atoms with Gasteiger partial charge in [-0.2, -0.15) is 0 Å². The molecule has 8 heteroatoms. The van der Waals surface area contributed by atoms with Crippen LogP contribution in [0.2, 0.25) is 0 Å². The second-order valence-corrected chi connectivity index (χ2v) is 9.11. The van der Waals surface area contributed by atoms with Gasteiger partial charge in [0.15, 0.2) is 5.78 Å². The highest BCUT2D eigenvalue weighted by Gasteiger charge is 2.57. The number of hydrogen-bond donors (Lipinski definition) is 1. The van der Waals surface area contributed by atoms with E-state index in [1.165, 1.54) is 11.3 Å². The Morgan fingerprint density at radius 1 is 0.833 bits per heavy atom. The molecule has 2 aromatic carbocycles. The molecular weight excluding hydrogens is 478 g/mol. The molecule has 0 saturated carbocycles. The van der Waals surface area contributed by atoms with Gasteiger partial charge in [0, 0.05) is 28.3 Å². The van der Waals surface area contributed by atoms with E-state index in [2.05, 4.69) is 5.32 Å². The molecule has 1 aromatic heterocycles. The van der Waals surface area contributed by atoms with E-state index in [0.29, 0.717) is 10.4 Å². The van der Waals surface area contributed by atoms with Crippen molar-refractivity contribution in [1.82, 2.24) is 5.32 Å². The van der Waals surface area contributed by atoms with Crippen LogP contribution in [-0.2, 0) is 19.1 Å². The minimum atomic E-state index is -2.29. The smallest absolute Gasteiger partial charge is 0.344 e. The van der Waals surface area contributed by atoms with Gasteiger partial charge in [0.2, 0.25) is 5.54 Å². The standard InChI is InChI=1S/C28H29NO6S/c1-4-34-26(32)28(27(33)35-5-2,29-25(31)21-10-7-6-8-11-21)22(24-12-9-17-36-24)18-23(30)20-15-13-19(3)14-16-20/h6-17,22H,4-5,18H2,1-3H3,(H,29,31). The maximum absolute atomic E-state index is 13.6. The van der Waals surface area contributed by atoms with Crippen molar-refractivity contribution in [2.45, 2.75) is 38.6 Å². The number of carbonyl (C=O) groups excluding carboxylic acids is 4. The number of ketones is 1. The van der Waals surface area contributed by atoms with Crippen molar-refractivity contribution >= 4 is 35.0 Å². The van der Waals surface area contributed by atoms with Crippen molar-refractivity contribution in [2.75, 3.05) is 13.2 Å². The molecule has 1 unspecified atom stereocenters. The second kappa shape index (κ2) is 12.3. The van der Waals surface area contributed by atoms with Crippen LogP contribution in [0.15, 0.2) is 72.1 Å². The molecule has 0 aliphatic rings. The third-order valence-electron chi connectivity index (χ3n) is 5.71. The van der Waals surface area contributed by atoms with E-state index in [0.717, 1.165) is 5.56 Å². The summed E-state index contributed by atoms with van der Waals surface area (Å²) in [4.78, 5) is 54.5. The van der Waals surface area contributed by atoms with Gasteiger partial charge in [0.05, 0.1) is 13.2 Å². The number of carbonyl (C=O) groups is 4. The van der Waals surface area contributed by atoms with Crippen molar-refractivity contribution < 1.29 is 28.7 Å². The van der Waals surface area contributed by atoms with E-state index in [1.807, 2.05) is 19.1 Å². The molecule has 0 radical (unpaired) electrons. The summed E-state index contributed by atoms with van der Waals surface area (Å²) in [6, 6.07) is 18.7. The van der Waals surface area contributed by atoms with E-state index in [1.54, 1.807) is 73.8 Å². The average molecular weight is 508 g/mol. The van der Waals surface area contributed by atoms with Crippen LogP contribution >= 0.6 is 11.3 Å². The monoisotopic (exact) mass is 507 g/mol. The van der Waals surface area contributed by atoms with Crippen molar-refractivity contribution in [3.63, 3.8) is 0 Å². The van der Waals surface area contributed by atoms with Crippen LogP contribution in [0.5, 0.6) is 0 Å².